The molecule has 0 heterocycles. The van der Waals surface area contributed by atoms with Gasteiger partial charge in [-0.3, -0.25) is 0 Å². The molecule has 112 valence electrons. The van der Waals surface area contributed by atoms with E-state index in [1.165, 1.54) is 6.07 Å². The lowest BCUT2D eigenvalue weighted by atomic mass is 10.1. The number of hydrogen-bond acceptors (Lipinski definition) is 2. The van der Waals surface area contributed by atoms with Crippen LogP contribution in [0.25, 0.3) is 0 Å². The van der Waals surface area contributed by atoms with E-state index in [4.69, 9.17) is 10.5 Å². The average molecular weight is 287 g/mol. The van der Waals surface area contributed by atoms with Gasteiger partial charge in [-0.25, -0.2) is 4.39 Å². The van der Waals surface area contributed by atoms with Crippen LogP contribution in [0.3, 0.4) is 0 Å². The number of benzene rings is 2. The molecular weight excluding hydrogens is 265 g/mol. The van der Waals surface area contributed by atoms with Crippen LogP contribution in [0.2, 0.25) is 0 Å². The molecule has 1 atom stereocenters. The van der Waals surface area contributed by atoms with Crippen LogP contribution in [0.1, 0.15) is 29.2 Å². The molecule has 0 aliphatic carbocycles. The quantitative estimate of drug-likeness (QED) is 0.902. The Hall–Kier alpha value is -1.87. The molecular formula is C18H22FNO. The molecule has 0 bridgehead atoms. The van der Waals surface area contributed by atoms with Crippen LogP contribution in [0.4, 0.5) is 4.39 Å². The summed E-state index contributed by atoms with van der Waals surface area (Å²) in [5.41, 5.74) is 9.88. The van der Waals surface area contributed by atoms with Crippen LogP contribution < -0.4 is 10.5 Å². The standard InChI is InChI=1S/C18H22FNO/c1-11-7-12(2)14(4)18(8-11)21-17-6-5-15(9-13(3)20)10-16(17)19/h5-8,10,13H,9,20H2,1-4H3. The van der Waals surface area contributed by atoms with Crippen molar-refractivity contribution < 1.29 is 9.13 Å². The lowest BCUT2D eigenvalue weighted by molar-refractivity contribution is 0.438. The van der Waals surface area contributed by atoms with Crippen molar-refractivity contribution in [3.63, 3.8) is 0 Å². The Bertz CT molecular complexity index is 650. The molecule has 21 heavy (non-hydrogen) atoms. The minimum absolute atomic E-state index is 0.0119. The van der Waals surface area contributed by atoms with Crippen LogP contribution in [0.5, 0.6) is 11.5 Å². The van der Waals surface area contributed by atoms with Gasteiger partial charge in [0.25, 0.3) is 0 Å². The largest absolute Gasteiger partial charge is 0.454 e. The van der Waals surface area contributed by atoms with Gasteiger partial charge in [-0.05, 0) is 74.6 Å². The molecule has 0 saturated heterocycles. The summed E-state index contributed by atoms with van der Waals surface area (Å²) in [5, 5.41) is 0. The monoisotopic (exact) mass is 287 g/mol. The number of nitrogens with two attached hydrogens (primary N) is 1. The summed E-state index contributed by atoms with van der Waals surface area (Å²) >= 11 is 0. The summed E-state index contributed by atoms with van der Waals surface area (Å²) in [7, 11) is 0. The van der Waals surface area contributed by atoms with Gasteiger partial charge in [0.05, 0.1) is 0 Å². The molecule has 0 amide bonds. The fourth-order valence-electron chi connectivity index (χ4n) is 2.35. The molecule has 2 aromatic carbocycles. The van der Waals surface area contributed by atoms with Crippen molar-refractivity contribution in [2.45, 2.75) is 40.2 Å². The third kappa shape index (κ3) is 3.82. The van der Waals surface area contributed by atoms with E-state index in [-0.39, 0.29) is 17.6 Å². The third-order valence-corrected chi connectivity index (χ3v) is 3.54. The van der Waals surface area contributed by atoms with Gasteiger partial charge in [-0.2, -0.15) is 0 Å². The average Bonchev–Trinajstić information content (AvgIpc) is 2.37. The molecule has 2 N–H and O–H groups in total. The third-order valence-electron chi connectivity index (χ3n) is 3.54. The van der Waals surface area contributed by atoms with Gasteiger partial charge in [0.15, 0.2) is 11.6 Å². The van der Waals surface area contributed by atoms with E-state index in [1.807, 2.05) is 39.8 Å². The molecule has 0 aliphatic rings. The minimum Gasteiger partial charge on any atom is -0.454 e. The van der Waals surface area contributed by atoms with E-state index in [0.29, 0.717) is 12.2 Å². The van der Waals surface area contributed by atoms with Crippen LogP contribution in [-0.2, 0) is 6.42 Å². The Morgan fingerprint density at radius 3 is 2.43 bits per heavy atom. The maximum absolute atomic E-state index is 14.2. The van der Waals surface area contributed by atoms with E-state index in [9.17, 15) is 4.39 Å². The maximum atomic E-state index is 14.2. The Balaban J connectivity index is 2.28. The number of aryl methyl sites for hydroxylation is 2. The van der Waals surface area contributed by atoms with E-state index in [0.717, 1.165) is 22.3 Å². The highest BCUT2D eigenvalue weighted by Gasteiger charge is 2.10. The second kappa shape index (κ2) is 6.27. The minimum atomic E-state index is -0.355. The summed E-state index contributed by atoms with van der Waals surface area (Å²) in [6.45, 7) is 7.91. The lowest BCUT2D eigenvalue weighted by Crippen LogP contribution is -2.17. The Morgan fingerprint density at radius 2 is 1.81 bits per heavy atom. The molecule has 0 fully saturated rings. The molecule has 1 unspecified atom stereocenters. The number of rotatable bonds is 4. The Morgan fingerprint density at radius 1 is 1.10 bits per heavy atom. The highest BCUT2D eigenvalue weighted by molar-refractivity contribution is 5.45. The molecule has 0 aliphatic heterocycles. The zero-order valence-electron chi connectivity index (χ0n) is 13.0. The molecule has 0 saturated carbocycles. The molecule has 3 heteroatoms. The van der Waals surface area contributed by atoms with Gasteiger partial charge in [0.2, 0.25) is 0 Å². The zero-order valence-corrected chi connectivity index (χ0v) is 13.0. The van der Waals surface area contributed by atoms with E-state index in [2.05, 4.69) is 6.07 Å². The summed E-state index contributed by atoms with van der Waals surface area (Å²) in [6.07, 6.45) is 0.653. The fraction of sp³-hybridized carbons (Fsp3) is 0.333. The summed E-state index contributed by atoms with van der Waals surface area (Å²) in [5.74, 6) is 0.592. The van der Waals surface area contributed by atoms with Gasteiger partial charge in [0.1, 0.15) is 5.75 Å². The molecule has 2 aromatic rings. The molecule has 0 aromatic heterocycles. The van der Waals surface area contributed by atoms with Crippen LogP contribution in [0.15, 0.2) is 30.3 Å². The van der Waals surface area contributed by atoms with Crippen molar-refractivity contribution in [1.29, 1.82) is 0 Å². The second-order valence-electron chi connectivity index (χ2n) is 5.75. The van der Waals surface area contributed by atoms with E-state index < -0.39 is 0 Å². The number of halogens is 1. The maximum Gasteiger partial charge on any atom is 0.165 e. The van der Waals surface area contributed by atoms with Crippen molar-refractivity contribution >= 4 is 0 Å². The van der Waals surface area contributed by atoms with Gasteiger partial charge >= 0.3 is 0 Å². The molecule has 2 rings (SSSR count). The first-order valence-electron chi connectivity index (χ1n) is 7.16. The smallest absolute Gasteiger partial charge is 0.165 e. The van der Waals surface area contributed by atoms with Crippen LogP contribution >= 0.6 is 0 Å². The zero-order chi connectivity index (χ0) is 15.6. The number of ether oxygens (including phenoxy) is 1. The first-order valence-corrected chi connectivity index (χ1v) is 7.16. The normalized spacial score (nSPS) is 12.3. The molecule has 2 nitrogen and oxygen atoms in total. The van der Waals surface area contributed by atoms with E-state index >= 15 is 0 Å². The number of hydrogen-bond donors (Lipinski definition) is 1. The SMILES string of the molecule is Cc1cc(C)c(C)c(Oc2ccc(CC(C)N)cc2F)c1. The first kappa shape index (κ1) is 15.5. The van der Waals surface area contributed by atoms with Gasteiger partial charge < -0.3 is 10.5 Å². The second-order valence-corrected chi connectivity index (χ2v) is 5.75. The summed E-state index contributed by atoms with van der Waals surface area (Å²) in [4.78, 5) is 0. The highest BCUT2D eigenvalue weighted by Crippen LogP contribution is 2.30. The predicted molar refractivity (Wildman–Crippen MR) is 84.5 cm³/mol. The topological polar surface area (TPSA) is 35.2 Å². The Kier molecular flexibility index (Phi) is 4.63. The van der Waals surface area contributed by atoms with Crippen LogP contribution in [0, 0.1) is 26.6 Å². The van der Waals surface area contributed by atoms with Crippen molar-refractivity contribution in [3.8, 4) is 11.5 Å². The van der Waals surface area contributed by atoms with Crippen molar-refractivity contribution in [2.75, 3.05) is 0 Å². The fourth-order valence-corrected chi connectivity index (χ4v) is 2.35. The lowest BCUT2D eigenvalue weighted by Gasteiger charge is -2.13. The highest BCUT2D eigenvalue weighted by atomic mass is 19.1. The van der Waals surface area contributed by atoms with Gasteiger partial charge in [0, 0.05) is 6.04 Å². The first-order chi connectivity index (χ1) is 9.86. The van der Waals surface area contributed by atoms with Crippen molar-refractivity contribution in [3.05, 3.63) is 58.4 Å². The van der Waals surface area contributed by atoms with Gasteiger partial charge in [-0.15, -0.1) is 0 Å². The molecule has 0 spiro atoms. The van der Waals surface area contributed by atoms with Crippen LogP contribution in [-0.4, -0.2) is 6.04 Å². The Labute approximate surface area is 125 Å². The molecule has 0 radical (unpaired) electrons. The van der Waals surface area contributed by atoms with Crippen molar-refractivity contribution in [2.24, 2.45) is 5.73 Å². The summed E-state index contributed by atoms with van der Waals surface area (Å²) in [6, 6.07) is 9.06. The van der Waals surface area contributed by atoms with E-state index in [1.54, 1.807) is 6.07 Å². The van der Waals surface area contributed by atoms with Crippen molar-refractivity contribution in [1.82, 2.24) is 0 Å². The van der Waals surface area contributed by atoms with Gasteiger partial charge in [-0.1, -0.05) is 12.1 Å². The predicted octanol–water partition coefficient (Wildman–Crippen LogP) is 4.43. The summed E-state index contributed by atoms with van der Waals surface area (Å²) < 4.78 is 19.9.